The highest BCUT2D eigenvalue weighted by atomic mass is 32.2. The second kappa shape index (κ2) is 9.09. The van der Waals surface area contributed by atoms with Crippen LogP contribution >= 0.6 is 0 Å². The van der Waals surface area contributed by atoms with Gasteiger partial charge in [0, 0.05) is 24.8 Å². The minimum Gasteiger partial charge on any atom is -0.361 e. The van der Waals surface area contributed by atoms with Gasteiger partial charge in [-0.1, -0.05) is 23.4 Å². The summed E-state index contributed by atoms with van der Waals surface area (Å²) in [6, 6.07) is 11.3. The quantitative estimate of drug-likeness (QED) is 0.364. The number of aromatic nitrogens is 3. The van der Waals surface area contributed by atoms with Crippen molar-refractivity contribution in [2.24, 2.45) is 0 Å². The average molecular weight is 470 g/mol. The Bertz CT molecular complexity index is 1400. The molecule has 0 unspecified atom stereocenters. The maximum atomic E-state index is 14.0. The lowest BCUT2D eigenvalue weighted by Crippen LogP contribution is -2.10. The summed E-state index contributed by atoms with van der Waals surface area (Å²) < 4.78 is 44.7. The van der Waals surface area contributed by atoms with Gasteiger partial charge in [0.2, 0.25) is 0 Å². The topological polar surface area (TPSA) is 78.0 Å². The number of hydrogen-bond acceptors (Lipinski definition) is 5. The predicted octanol–water partition coefficient (Wildman–Crippen LogP) is 4.98. The summed E-state index contributed by atoms with van der Waals surface area (Å²) in [5, 5.41) is 4.05. The summed E-state index contributed by atoms with van der Waals surface area (Å²) in [7, 11) is -3.05. The van der Waals surface area contributed by atoms with E-state index in [9.17, 15) is 12.8 Å². The molecule has 2 aromatic carbocycles. The zero-order chi connectivity index (χ0) is 23.8. The fourth-order valence-electron chi connectivity index (χ4n) is 4.20. The van der Waals surface area contributed by atoms with E-state index < -0.39 is 9.84 Å². The molecule has 0 bridgehead atoms. The molecule has 4 aromatic rings. The third-order valence-corrected chi connectivity index (χ3v) is 6.95. The van der Waals surface area contributed by atoms with E-state index in [1.54, 1.807) is 19.1 Å². The molecule has 0 aliphatic carbocycles. The van der Waals surface area contributed by atoms with Gasteiger partial charge in [0.1, 0.15) is 27.2 Å². The maximum absolute atomic E-state index is 14.0. The lowest BCUT2D eigenvalue weighted by Gasteiger charge is -2.10. The van der Waals surface area contributed by atoms with Gasteiger partial charge in [-0.15, -0.1) is 0 Å². The fourth-order valence-corrected chi connectivity index (χ4v) is 4.86. The smallest absolute Gasteiger partial charge is 0.147 e. The van der Waals surface area contributed by atoms with Gasteiger partial charge in [-0.25, -0.2) is 17.8 Å². The van der Waals surface area contributed by atoms with Crippen molar-refractivity contribution in [3.05, 3.63) is 70.6 Å². The SMILES string of the molecule is Cc1ccc(CCc2nc3cc(-c4c(C)noc4C)ccc3n2CCCS(C)(=O)=O)cc1F. The molecule has 0 amide bonds. The molecule has 2 heterocycles. The van der Waals surface area contributed by atoms with Crippen molar-refractivity contribution in [3.63, 3.8) is 0 Å². The van der Waals surface area contributed by atoms with E-state index >= 15 is 0 Å². The second-order valence-corrected chi connectivity index (χ2v) is 10.9. The Hall–Kier alpha value is -3.00. The van der Waals surface area contributed by atoms with Crippen molar-refractivity contribution >= 4 is 20.9 Å². The summed E-state index contributed by atoms with van der Waals surface area (Å²) in [5.41, 5.74) is 6.07. The molecule has 6 nitrogen and oxygen atoms in total. The number of imidazole rings is 1. The Kier molecular flexibility index (Phi) is 6.38. The van der Waals surface area contributed by atoms with Crippen LogP contribution in [0.4, 0.5) is 4.39 Å². The first-order valence-electron chi connectivity index (χ1n) is 11.0. The molecule has 0 atom stereocenters. The summed E-state index contributed by atoms with van der Waals surface area (Å²) in [6.45, 7) is 6.09. The van der Waals surface area contributed by atoms with Crippen LogP contribution in [-0.2, 0) is 29.2 Å². The van der Waals surface area contributed by atoms with Crippen LogP contribution in [0.3, 0.4) is 0 Å². The van der Waals surface area contributed by atoms with Crippen LogP contribution in [0.15, 0.2) is 40.9 Å². The van der Waals surface area contributed by atoms with Crippen molar-refractivity contribution in [2.75, 3.05) is 12.0 Å². The van der Waals surface area contributed by atoms with E-state index in [1.807, 2.05) is 38.1 Å². The molecule has 8 heteroatoms. The molecule has 33 heavy (non-hydrogen) atoms. The first-order valence-corrected chi connectivity index (χ1v) is 13.0. The Labute approximate surface area is 193 Å². The lowest BCUT2D eigenvalue weighted by atomic mass is 10.0. The molecule has 0 radical (unpaired) electrons. The zero-order valence-electron chi connectivity index (χ0n) is 19.4. The van der Waals surface area contributed by atoms with E-state index in [2.05, 4.69) is 9.72 Å². The first-order chi connectivity index (χ1) is 15.6. The number of sulfone groups is 1. The maximum Gasteiger partial charge on any atom is 0.147 e. The molecule has 0 aliphatic heterocycles. The van der Waals surface area contributed by atoms with Gasteiger partial charge in [0.25, 0.3) is 0 Å². The largest absolute Gasteiger partial charge is 0.361 e. The van der Waals surface area contributed by atoms with E-state index in [0.717, 1.165) is 45.0 Å². The van der Waals surface area contributed by atoms with Crippen molar-refractivity contribution in [3.8, 4) is 11.1 Å². The highest BCUT2D eigenvalue weighted by Gasteiger charge is 2.16. The molecule has 174 valence electrons. The Morgan fingerprint density at radius 1 is 1.06 bits per heavy atom. The molecular formula is C25H28FN3O3S. The molecule has 2 aromatic heterocycles. The van der Waals surface area contributed by atoms with Gasteiger partial charge >= 0.3 is 0 Å². The Morgan fingerprint density at radius 3 is 2.52 bits per heavy atom. The van der Waals surface area contributed by atoms with Crippen molar-refractivity contribution < 1.29 is 17.3 Å². The molecule has 0 spiro atoms. The van der Waals surface area contributed by atoms with Gasteiger partial charge in [-0.3, -0.25) is 0 Å². The number of fused-ring (bicyclic) bond motifs is 1. The zero-order valence-corrected chi connectivity index (χ0v) is 20.2. The summed E-state index contributed by atoms with van der Waals surface area (Å²) in [4.78, 5) is 4.88. The van der Waals surface area contributed by atoms with Gasteiger partial charge in [0.15, 0.2) is 0 Å². The predicted molar refractivity (Wildman–Crippen MR) is 128 cm³/mol. The molecule has 4 rings (SSSR count). The minimum atomic E-state index is -3.05. The molecule has 0 N–H and O–H groups in total. The van der Waals surface area contributed by atoms with Crippen LogP contribution in [0, 0.1) is 26.6 Å². The molecule has 0 fully saturated rings. The molecular weight excluding hydrogens is 441 g/mol. The number of nitrogens with zero attached hydrogens (tertiary/aromatic N) is 3. The normalized spacial score (nSPS) is 12.0. The monoisotopic (exact) mass is 469 g/mol. The molecule has 0 saturated carbocycles. The van der Waals surface area contributed by atoms with Crippen LogP contribution in [0.1, 0.15) is 34.8 Å². The van der Waals surface area contributed by atoms with Gasteiger partial charge in [0.05, 0.1) is 22.5 Å². The number of rotatable bonds is 8. The Morgan fingerprint density at radius 2 is 1.85 bits per heavy atom. The summed E-state index contributed by atoms with van der Waals surface area (Å²) >= 11 is 0. The highest BCUT2D eigenvalue weighted by Crippen LogP contribution is 2.30. The van der Waals surface area contributed by atoms with Crippen LogP contribution in [0.25, 0.3) is 22.2 Å². The minimum absolute atomic E-state index is 0.118. The molecule has 0 saturated heterocycles. The molecule has 0 aliphatic rings. The lowest BCUT2D eigenvalue weighted by molar-refractivity contribution is 0.393. The highest BCUT2D eigenvalue weighted by molar-refractivity contribution is 7.90. The van der Waals surface area contributed by atoms with E-state index in [4.69, 9.17) is 9.51 Å². The van der Waals surface area contributed by atoms with Gasteiger partial charge in [-0.05, 0) is 68.5 Å². The first kappa shape index (κ1) is 23.2. The van der Waals surface area contributed by atoms with Gasteiger partial charge < -0.3 is 9.09 Å². The van der Waals surface area contributed by atoms with Gasteiger partial charge in [-0.2, -0.15) is 0 Å². The Balaban J connectivity index is 1.68. The van der Waals surface area contributed by atoms with Crippen molar-refractivity contribution in [2.45, 2.75) is 46.6 Å². The number of halogens is 1. The van der Waals surface area contributed by atoms with Crippen molar-refractivity contribution in [1.29, 1.82) is 0 Å². The van der Waals surface area contributed by atoms with Crippen LogP contribution in [-0.4, -0.2) is 35.1 Å². The standard InChI is InChI=1S/C25H28FN3O3S/c1-16-6-7-19(14-21(16)26)8-11-24-27-22-15-20(25-17(2)28-32-18(25)3)9-10-23(22)29(24)12-5-13-33(4,30)31/h6-7,9-10,14-15H,5,8,11-13H2,1-4H3. The summed E-state index contributed by atoms with van der Waals surface area (Å²) in [5.74, 6) is 1.52. The average Bonchev–Trinajstić information content (AvgIpc) is 3.26. The number of hydrogen-bond donors (Lipinski definition) is 0. The van der Waals surface area contributed by atoms with E-state index in [-0.39, 0.29) is 11.6 Å². The van der Waals surface area contributed by atoms with E-state index in [0.29, 0.717) is 31.4 Å². The van der Waals surface area contributed by atoms with Crippen molar-refractivity contribution in [1.82, 2.24) is 14.7 Å². The number of aryl methyl sites for hydroxylation is 6. The summed E-state index contributed by atoms with van der Waals surface area (Å²) in [6.07, 6.45) is 3.02. The second-order valence-electron chi connectivity index (χ2n) is 8.65. The van der Waals surface area contributed by atoms with Crippen LogP contribution in [0.5, 0.6) is 0 Å². The van der Waals surface area contributed by atoms with Crippen LogP contribution < -0.4 is 0 Å². The number of benzene rings is 2. The third-order valence-electron chi connectivity index (χ3n) is 5.92. The van der Waals surface area contributed by atoms with Crippen LogP contribution in [0.2, 0.25) is 0 Å². The fraction of sp³-hybridized carbons (Fsp3) is 0.360. The third kappa shape index (κ3) is 5.16. The van der Waals surface area contributed by atoms with E-state index in [1.165, 1.54) is 6.26 Å².